The van der Waals surface area contributed by atoms with Crippen molar-refractivity contribution in [2.24, 2.45) is 5.92 Å². The van der Waals surface area contributed by atoms with Crippen molar-refractivity contribution < 1.29 is 24.1 Å². The van der Waals surface area contributed by atoms with E-state index in [1.54, 1.807) is 11.3 Å². The number of aliphatic hydroxyl groups is 1. The van der Waals surface area contributed by atoms with Crippen LogP contribution in [0.4, 0.5) is 0 Å². The monoisotopic (exact) mass is 575 g/mol. The molecule has 0 radical (unpaired) electrons. The quantitative estimate of drug-likeness (QED) is 0.153. The number of allylic oxidation sites excluding steroid dienone is 2. The van der Waals surface area contributed by atoms with Crippen molar-refractivity contribution in [1.29, 1.82) is 0 Å². The Hall–Kier alpha value is -2.81. The molecule has 1 N–H and O–H groups in total. The average Bonchev–Trinajstić information content (AvgIpc) is 3.60. The Bertz CT molecular complexity index is 1250. The van der Waals surface area contributed by atoms with Crippen molar-refractivity contribution in [2.75, 3.05) is 26.3 Å². The molecule has 4 atom stereocenters. The van der Waals surface area contributed by atoms with Gasteiger partial charge in [0.1, 0.15) is 5.75 Å². The second kappa shape index (κ2) is 14.9. The summed E-state index contributed by atoms with van der Waals surface area (Å²) in [7, 11) is 0. The van der Waals surface area contributed by atoms with Gasteiger partial charge in [0.2, 0.25) is 0 Å². The van der Waals surface area contributed by atoms with Crippen molar-refractivity contribution in [3.63, 3.8) is 0 Å². The standard InChI is InChI=1S/C34H41NO5S/c1-25-13-15-28(16-14-25)40-33(37)12-8-3-2-7-11-29-31(22-30(36)34(29)35-17-19-38-20-18-35)39-23-26-21-32(41-24-26)27-9-5-4-6-10-27/h2-6,9-10,13-16,21,24,29-31,34,36H,7-8,11-12,17-20,22-23H2,1H3/b3-2-/t29?,30-,31+,34-/m0/s1. The lowest BCUT2D eigenvalue weighted by Crippen LogP contribution is -2.50. The van der Waals surface area contributed by atoms with E-state index in [1.807, 2.05) is 37.3 Å². The number of hydrogen-bond acceptors (Lipinski definition) is 7. The first-order valence-electron chi connectivity index (χ1n) is 14.7. The molecule has 2 aromatic carbocycles. The normalized spacial score (nSPS) is 23.3. The molecule has 7 heteroatoms. The summed E-state index contributed by atoms with van der Waals surface area (Å²) >= 11 is 1.74. The summed E-state index contributed by atoms with van der Waals surface area (Å²) in [6.45, 7) is 5.65. The molecule has 1 saturated heterocycles. The van der Waals surface area contributed by atoms with Gasteiger partial charge in [-0.2, -0.15) is 0 Å². The zero-order valence-corrected chi connectivity index (χ0v) is 24.6. The molecule has 0 spiro atoms. The lowest BCUT2D eigenvalue weighted by atomic mass is 9.93. The number of nitrogens with zero attached hydrogens (tertiary/aromatic N) is 1. The highest BCUT2D eigenvalue weighted by atomic mass is 32.1. The van der Waals surface area contributed by atoms with E-state index < -0.39 is 6.10 Å². The first kappa shape index (κ1) is 29.7. The fourth-order valence-electron chi connectivity index (χ4n) is 5.92. The van der Waals surface area contributed by atoms with E-state index in [2.05, 4.69) is 52.8 Å². The fourth-order valence-corrected chi connectivity index (χ4v) is 6.82. The Morgan fingerprint density at radius 3 is 2.61 bits per heavy atom. The summed E-state index contributed by atoms with van der Waals surface area (Å²) in [6, 6.07) is 20.2. The summed E-state index contributed by atoms with van der Waals surface area (Å²) in [5.74, 6) is 0.594. The zero-order valence-electron chi connectivity index (χ0n) is 23.8. The molecule has 1 aliphatic heterocycles. The van der Waals surface area contributed by atoms with Crippen LogP contribution in [0.1, 0.15) is 43.2 Å². The van der Waals surface area contributed by atoms with Crippen molar-refractivity contribution in [3.05, 3.63) is 89.3 Å². The van der Waals surface area contributed by atoms with Crippen LogP contribution < -0.4 is 4.74 Å². The molecular formula is C34H41NO5S. The molecule has 0 amide bonds. The van der Waals surface area contributed by atoms with Gasteiger partial charge in [0.15, 0.2) is 0 Å². The fraction of sp³-hybridized carbons (Fsp3) is 0.441. The zero-order chi connectivity index (χ0) is 28.4. The highest BCUT2D eigenvalue weighted by molar-refractivity contribution is 7.13. The molecule has 1 aromatic heterocycles. The number of hydrogen-bond donors (Lipinski definition) is 1. The molecule has 6 nitrogen and oxygen atoms in total. The van der Waals surface area contributed by atoms with Crippen LogP contribution in [0, 0.1) is 12.8 Å². The number of thiophene rings is 1. The number of aryl methyl sites for hydroxylation is 1. The van der Waals surface area contributed by atoms with E-state index in [-0.39, 0.29) is 24.0 Å². The van der Waals surface area contributed by atoms with Gasteiger partial charge >= 0.3 is 5.97 Å². The van der Waals surface area contributed by atoms with E-state index in [0.29, 0.717) is 44.8 Å². The van der Waals surface area contributed by atoms with Gasteiger partial charge in [0.25, 0.3) is 0 Å². The lowest BCUT2D eigenvalue weighted by Gasteiger charge is -2.37. The largest absolute Gasteiger partial charge is 0.427 e. The van der Waals surface area contributed by atoms with Gasteiger partial charge in [-0.05, 0) is 60.9 Å². The van der Waals surface area contributed by atoms with E-state index in [4.69, 9.17) is 14.2 Å². The summed E-state index contributed by atoms with van der Waals surface area (Å²) < 4.78 is 17.5. The summed E-state index contributed by atoms with van der Waals surface area (Å²) in [4.78, 5) is 15.8. The lowest BCUT2D eigenvalue weighted by molar-refractivity contribution is -0.134. The molecule has 218 valence electrons. The van der Waals surface area contributed by atoms with Crippen LogP contribution in [-0.2, 0) is 20.9 Å². The second-order valence-corrected chi connectivity index (χ2v) is 11.9. The molecule has 5 rings (SSSR count). The van der Waals surface area contributed by atoms with Gasteiger partial charge in [0.05, 0.1) is 32.0 Å². The average molecular weight is 576 g/mol. The van der Waals surface area contributed by atoms with Crippen LogP contribution in [0.25, 0.3) is 10.4 Å². The molecular weight excluding hydrogens is 534 g/mol. The summed E-state index contributed by atoms with van der Waals surface area (Å²) in [5, 5.41) is 13.3. The van der Waals surface area contributed by atoms with E-state index in [9.17, 15) is 9.90 Å². The Morgan fingerprint density at radius 1 is 1.07 bits per heavy atom. The molecule has 1 unspecified atom stereocenters. The third-order valence-corrected chi connectivity index (χ3v) is 9.06. The van der Waals surface area contributed by atoms with Gasteiger partial charge in [0, 0.05) is 42.8 Å². The van der Waals surface area contributed by atoms with E-state index in [0.717, 1.165) is 31.5 Å². The highest BCUT2D eigenvalue weighted by Crippen LogP contribution is 2.37. The highest BCUT2D eigenvalue weighted by Gasteiger charge is 2.45. The minimum atomic E-state index is -0.411. The molecule has 1 saturated carbocycles. The number of esters is 1. The van der Waals surface area contributed by atoms with Gasteiger partial charge in [-0.1, -0.05) is 60.2 Å². The van der Waals surface area contributed by atoms with E-state index >= 15 is 0 Å². The second-order valence-electron chi connectivity index (χ2n) is 11.0. The van der Waals surface area contributed by atoms with Crippen molar-refractivity contribution in [2.45, 2.75) is 63.9 Å². The molecule has 2 heterocycles. The van der Waals surface area contributed by atoms with Crippen LogP contribution in [0.5, 0.6) is 5.75 Å². The van der Waals surface area contributed by atoms with Gasteiger partial charge in [-0.15, -0.1) is 11.3 Å². The first-order valence-corrected chi connectivity index (χ1v) is 15.6. The Kier molecular flexibility index (Phi) is 10.8. The topological polar surface area (TPSA) is 68.2 Å². The maximum Gasteiger partial charge on any atom is 0.311 e. The van der Waals surface area contributed by atoms with Crippen LogP contribution in [0.2, 0.25) is 0 Å². The maximum absolute atomic E-state index is 12.2. The van der Waals surface area contributed by atoms with E-state index in [1.165, 1.54) is 16.0 Å². The Morgan fingerprint density at radius 2 is 1.83 bits per heavy atom. The number of rotatable bonds is 12. The summed E-state index contributed by atoms with van der Waals surface area (Å²) in [5.41, 5.74) is 3.53. The predicted molar refractivity (Wildman–Crippen MR) is 163 cm³/mol. The van der Waals surface area contributed by atoms with Crippen molar-refractivity contribution in [1.82, 2.24) is 4.90 Å². The number of aliphatic hydroxyl groups excluding tert-OH is 1. The van der Waals surface area contributed by atoms with Gasteiger partial charge < -0.3 is 19.3 Å². The maximum atomic E-state index is 12.2. The van der Waals surface area contributed by atoms with Crippen molar-refractivity contribution in [3.8, 4) is 16.2 Å². The third-order valence-electron chi connectivity index (χ3n) is 8.03. The SMILES string of the molecule is Cc1ccc(OC(=O)CC/C=C\CCC2[C@H](OCc3csc(-c4ccccc4)c3)C[C@H](O)[C@H]2N2CCOCC2)cc1. The molecule has 3 aromatic rings. The van der Waals surface area contributed by atoms with Crippen LogP contribution in [0.15, 0.2) is 78.2 Å². The molecule has 2 fully saturated rings. The van der Waals surface area contributed by atoms with Crippen LogP contribution in [0.3, 0.4) is 0 Å². The third kappa shape index (κ3) is 8.37. The minimum Gasteiger partial charge on any atom is -0.427 e. The summed E-state index contributed by atoms with van der Waals surface area (Å²) in [6.07, 6.45) is 7.25. The predicted octanol–water partition coefficient (Wildman–Crippen LogP) is 6.41. The number of carbonyl (C=O) groups is 1. The number of carbonyl (C=O) groups excluding carboxylic acids is 1. The smallest absolute Gasteiger partial charge is 0.311 e. The minimum absolute atomic E-state index is 0.00388. The molecule has 2 aliphatic rings. The molecule has 1 aliphatic carbocycles. The van der Waals surface area contributed by atoms with Gasteiger partial charge in [-0.3, -0.25) is 9.69 Å². The number of benzene rings is 2. The molecule has 41 heavy (non-hydrogen) atoms. The van der Waals surface area contributed by atoms with Crippen LogP contribution >= 0.6 is 11.3 Å². The number of ether oxygens (including phenoxy) is 3. The number of morpholine rings is 1. The van der Waals surface area contributed by atoms with Crippen LogP contribution in [-0.4, -0.2) is 60.5 Å². The van der Waals surface area contributed by atoms with Crippen molar-refractivity contribution >= 4 is 17.3 Å². The molecule has 0 bridgehead atoms. The first-order chi connectivity index (χ1) is 20.1. The van der Waals surface area contributed by atoms with Gasteiger partial charge in [-0.25, -0.2) is 0 Å². The Balaban J connectivity index is 1.14. The Labute approximate surface area is 247 Å².